The molecule has 15 heteroatoms. The maximum Gasteiger partial charge on any atom is 0.418 e. The van der Waals surface area contributed by atoms with Crippen molar-refractivity contribution in [2.24, 2.45) is 4.99 Å². The van der Waals surface area contributed by atoms with E-state index in [1.165, 1.54) is 13.0 Å². The van der Waals surface area contributed by atoms with Crippen molar-refractivity contribution in [3.05, 3.63) is 69.9 Å². The third-order valence-corrected chi connectivity index (χ3v) is 8.17. The highest BCUT2D eigenvalue weighted by atomic mass is 35.5. The van der Waals surface area contributed by atoms with Gasteiger partial charge in [0.25, 0.3) is 0 Å². The van der Waals surface area contributed by atoms with E-state index >= 15 is 0 Å². The SMILES string of the molecule is Cc1cc(N)nc(-c2cc3c4c(c2Cl)NCN=C4N(Cc2cccnc2N)C=C(OC[C@@H]2C[C@@H](F)CN2C)O3)c1C(F)(F)F. The maximum absolute atomic E-state index is 14.3. The molecule has 0 unspecified atom stereocenters. The Kier molecular flexibility index (Phi) is 7.66. The average molecular weight is 633 g/mol. The first-order valence-corrected chi connectivity index (χ1v) is 14.1. The van der Waals surface area contributed by atoms with Crippen LogP contribution in [0.4, 0.5) is 34.9 Å². The van der Waals surface area contributed by atoms with Crippen LogP contribution in [0.3, 0.4) is 0 Å². The molecule has 3 aliphatic rings. The van der Waals surface area contributed by atoms with Crippen molar-refractivity contribution < 1.29 is 27.0 Å². The van der Waals surface area contributed by atoms with E-state index in [4.69, 9.17) is 32.5 Å². The second-order valence-corrected chi connectivity index (χ2v) is 11.2. The highest BCUT2D eigenvalue weighted by Gasteiger charge is 2.39. The molecule has 2 aromatic heterocycles. The number of likely N-dealkylation sites (N-methyl/N-ethyl adjacent to an activating group) is 1. The van der Waals surface area contributed by atoms with E-state index in [2.05, 4.69) is 20.3 Å². The molecule has 3 aliphatic heterocycles. The summed E-state index contributed by atoms with van der Waals surface area (Å²) in [5, 5.41) is 3.06. The zero-order valence-electron chi connectivity index (χ0n) is 23.8. The van der Waals surface area contributed by atoms with Gasteiger partial charge in [0.2, 0.25) is 0 Å². The summed E-state index contributed by atoms with van der Waals surface area (Å²) >= 11 is 6.85. The van der Waals surface area contributed by atoms with Gasteiger partial charge < -0.3 is 31.2 Å². The van der Waals surface area contributed by atoms with Gasteiger partial charge in [-0.05, 0) is 44.2 Å². The molecule has 5 N–H and O–H groups in total. The average Bonchev–Trinajstić information content (AvgIpc) is 3.19. The van der Waals surface area contributed by atoms with Crippen molar-refractivity contribution in [2.45, 2.75) is 38.3 Å². The Hall–Kier alpha value is -4.30. The number of nitrogens with one attached hydrogen (secondary N) is 1. The van der Waals surface area contributed by atoms with Gasteiger partial charge in [-0.1, -0.05) is 17.7 Å². The molecule has 0 spiro atoms. The van der Waals surface area contributed by atoms with Gasteiger partial charge in [0.1, 0.15) is 42.7 Å². The van der Waals surface area contributed by atoms with Gasteiger partial charge in [-0.3, -0.25) is 4.90 Å². The number of anilines is 3. The number of aromatic nitrogens is 2. The first kappa shape index (κ1) is 29.8. The van der Waals surface area contributed by atoms with Crippen LogP contribution in [0, 0.1) is 6.92 Å². The number of alkyl halides is 4. The summed E-state index contributed by atoms with van der Waals surface area (Å²) in [5.74, 6) is 0.761. The number of hydrogen-bond acceptors (Lipinski definition) is 10. The molecule has 1 fully saturated rings. The quantitative estimate of drug-likeness (QED) is 0.315. The van der Waals surface area contributed by atoms with Crippen molar-refractivity contribution >= 4 is 34.8 Å². The Morgan fingerprint density at radius 2 is 2.05 bits per heavy atom. The Bertz CT molecular complexity index is 1680. The largest absolute Gasteiger partial charge is 0.462 e. The van der Waals surface area contributed by atoms with Crippen LogP contribution < -0.4 is 21.5 Å². The smallest absolute Gasteiger partial charge is 0.418 e. The summed E-state index contributed by atoms with van der Waals surface area (Å²) in [4.78, 5) is 16.5. The highest BCUT2D eigenvalue weighted by molar-refractivity contribution is 6.37. The predicted octanol–water partition coefficient (Wildman–Crippen LogP) is 5.17. The minimum atomic E-state index is -4.75. The topological polar surface area (TPSA) is 127 Å². The van der Waals surface area contributed by atoms with Gasteiger partial charge >= 0.3 is 12.1 Å². The molecule has 1 aromatic carbocycles. The second-order valence-electron chi connectivity index (χ2n) is 10.9. The van der Waals surface area contributed by atoms with E-state index in [1.54, 1.807) is 30.4 Å². The number of nitrogen functional groups attached to an aromatic ring is 2. The molecule has 1 saturated heterocycles. The van der Waals surface area contributed by atoms with Crippen LogP contribution in [-0.2, 0) is 17.5 Å². The molecule has 0 bridgehead atoms. The van der Waals surface area contributed by atoms with Gasteiger partial charge in [-0.25, -0.2) is 19.4 Å². The molecule has 0 radical (unpaired) electrons. The summed E-state index contributed by atoms with van der Waals surface area (Å²) in [5.41, 5.74) is 11.9. The van der Waals surface area contributed by atoms with Gasteiger partial charge in [0.05, 0.1) is 40.3 Å². The molecular formula is C29H29ClF4N8O2. The van der Waals surface area contributed by atoms with Crippen LogP contribution in [0.2, 0.25) is 5.02 Å². The van der Waals surface area contributed by atoms with E-state index < -0.39 is 23.6 Å². The summed E-state index contributed by atoms with van der Waals surface area (Å²) in [6, 6.07) is 5.87. The lowest BCUT2D eigenvalue weighted by molar-refractivity contribution is -0.137. The molecule has 0 amide bonds. The van der Waals surface area contributed by atoms with Gasteiger partial charge in [-0.15, -0.1) is 0 Å². The molecule has 10 nitrogen and oxygen atoms in total. The molecule has 0 aliphatic carbocycles. The lowest BCUT2D eigenvalue weighted by Gasteiger charge is -2.28. The number of ether oxygens (including phenoxy) is 2. The number of nitrogens with two attached hydrogens (primary N) is 2. The van der Waals surface area contributed by atoms with Gasteiger partial charge in [-0.2, -0.15) is 13.2 Å². The molecule has 0 saturated carbocycles. The van der Waals surface area contributed by atoms with E-state index in [9.17, 15) is 17.6 Å². The lowest BCUT2D eigenvalue weighted by Crippen LogP contribution is -2.31. The summed E-state index contributed by atoms with van der Waals surface area (Å²) < 4.78 is 69.3. The number of aliphatic imine (C=N–C) groups is 1. The van der Waals surface area contributed by atoms with Crippen molar-refractivity contribution in [3.8, 4) is 17.0 Å². The van der Waals surface area contributed by atoms with Gasteiger partial charge in [0.15, 0.2) is 0 Å². The van der Waals surface area contributed by atoms with E-state index in [0.717, 1.165) is 6.07 Å². The lowest BCUT2D eigenvalue weighted by atomic mass is 9.97. The summed E-state index contributed by atoms with van der Waals surface area (Å²) in [6.07, 6.45) is -2.28. The van der Waals surface area contributed by atoms with Crippen LogP contribution in [0.15, 0.2) is 47.6 Å². The number of halogens is 5. The fourth-order valence-corrected chi connectivity index (χ4v) is 6.00. The molecule has 3 aromatic rings. The Morgan fingerprint density at radius 1 is 1.25 bits per heavy atom. The van der Waals surface area contributed by atoms with E-state index in [0.29, 0.717) is 28.5 Å². The first-order valence-electron chi connectivity index (χ1n) is 13.7. The molecule has 44 heavy (non-hydrogen) atoms. The van der Waals surface area contributed by atoms with Crippen LogP contribution in [0.25, 0.3) is 11.3 Å². The summed E-state index contributed by atoms with van der Waals surface area (Å²) in [7, 11) is 1.81. The van der Waals surface area contributed by atoms with Crippen molar-refractivity contribution in [3.63, 3.8) is 0 Å². The minimum Gasteiger partial charge on any atom is -0.462 e. The van der Waals surface area contributed by atoms with Crippen LogP contribution in [0.1, 0.15) is 28.7 Å². The van der Waals surface area contributed by atoms with Gasteiger partial charge in [0, 0.05) is 29.9 Å². The number of benzene rings is 1. The number of amidine groups is 1. The molecule has 5 heterocycles. The van der Waals surface area contributed by atoms with Crippen LogP contribution in [0.5, 0.6) is 5.75 Å². The fraction of sp³-hybridized carbons (Fsp3) is 0.345. The molecule has 2 atom stereocenters. The first-order chi connectivity index (χ1) is 20.9. The second kappa shape index (κ2) is 11.3. The minimum absolute atomic E-state index is 0.0171. The normalized spacial score (nSPS) is 19.8. The molecule has 232 valence electrons. The fourth-order valence-electron chi connectivity index (χ4n) is 5.70. The summed E-state index contributed by atoms with van der Waals surface area (Å²) in [6.45, 7) is 1.97. The van der Waals surface area contributed by atoms with Crippen molar-refractivity contribution in [1.82, 2.24) is 19.8 Å². The standard InChI is InChI=1S/C29H29ClF4N8O2/c1-14-6-20(35)40-25(23(14)29(32,33)34)18-8-19-22-26(24(18)30)38-13-39-28(22)42(9-15-4-3-5-37-27(15)36)11-21(44-19)43-12-17-7-16(31)10-41(17)2/h3-6,8,11,16-17,38H,7,9-10,12-13H2,1-2H3,(H2,35,40)(H2,36,37)/t16-,17+/m1/s1. The number of likely N-dealkylation sites (tertiary alicyclic amines) is 1. The van der Waals surface area contributed by atoms with Crippen LogP contribution >= 0.6 is 11.6 Å². The van der Waals surface area contributed by atoms with Crippen LogP contribution in [-0.4, -0.2) is 64.7 Å². The Labute approximate surface area is 255 Å². The number of pyridine rings is 2. The molecular weight excluding hydrogens is 604 g/mol. The number of hydrogen-bond donors (Lipinski definition) is 3. The Morgan fingerprint density at radius 3 is 2.75 bits per heavy atom. The van der Waals surface area contributed by atoms with Crippen molar-refractivity contribution in [2.75, 3.05) is 43.7 Å². The highest BCUT2D eigenvalue weighted by Crippen LogP contribution is 2.48. The zero-order valence-corrected chi connectivity index (χ0v) is 24.5. The Balaban J connectivity index is 1.49. The monoisotopic (exact) mass is 632 g/mol. The van der Waals surface area contributed by atoms with E-state index in [-0.39, 0.29) is 72.5 Å². The maximum atomic E-state index is 14.3. The zero-order chi connectivity index (χ0) is 31.3. The predicted molar refractivity (Wildman–Crippen MR) is 159 cm³/mol. The van der Waals surface area contributed by atoms with E-state index in [1.807, 2.05) is 11.0 Å². The number of nitrogens with zero attached hydrogens (tertiary/aromatic N) is 5. The molecule has 6 rings (SSSR count). The van der Waals surface area contributed by atoms with Crippen molar-refractivity contribution in [1.29, 1.82) is 0 Å². The third-order valence-electron chi connectivity index (χ3n) is 7.78. The third kappa shape index (κ3) is 5.54. The number of aryl methyl sites for hydroxylation is 1. The number of rotatable bonds is 6.